The first-order valence-electron chi connectivity index (χ1n) is 4.92. The van der Waals surface area contributed by atoms with Crippen molar-refractivity contribution in [2.24, 2.45) is 0 Å². The van der Waals surface area contributed by atoms with Crippen LogP contribution in [0.5, 0.6) is 0 Å². The van der Waals surface area contributed by atoms with Crippen molar-refractivity contribution in [3.8, 4) is 0 Å². The molecule has 0 saturated carbocycles. The molecule has 0 radical (unpaired) electrons. The average molecular weight is 167 g/mol. The monoisotopic (exact) mass is 167 g/mol. The maximum absolute atomic E-state index is 8.96. The van der Waals surface area contributed by atoms with E-state index in [9.17, 15) is 0 Å². The number of likely N-dealkylation sites (N-methyl/N-ethyl adjacent to an activating group) is 1. The number of nitrogens with zero attached hydrogens (tertiary/aromatic N) is 1. The molecule has 0 saturated heterocycles. The highest BCUT2D eigenvalue weighted by Crippen LogP contribution is 2.01. The summed E-state index contributed by atoms with van der Waals surface area (Å²) < 4.78 is 14.0. The second-order valence-electron chi connectivity index (χ2n) is 2.82. The van der Waals surface area contributed by atoms with Crippen LogP contribution in [-0.2, 0) is 6.54 Å². The molecule has 0 spiro atoms. The zero-order valence-electron chi connectivity index (χ0n) is 9.20. The van der Waals surface area contributed by atoms with Gasteiger partial charge in [0.25, 0.3) is 0 Å². The van der Waals surface area contributed by atoms with Crippen molar-refractivity contribution in [1.29, 1.82) is 0 Å². The Morgan fingerprint density at radius 2 is 2.08 bits per heavy atom. The molecule has 2 nitrogen and oxygen atoms in total. The molecule has 1 aromatic carbocycles. The van der Waals surface area contributed by atoms with Gasteiger partial charge in [-0.2, -0.15) is 0 Å². The minimum atomic E-state index is -2.12. The van der Waals surface area contributed by atoms with E-state index in [1.54, 1.807) is 11.9 Å². The quantitative estimate of drug-likeness (QED) is 0.726. The average Bonchev–Trinajstić information content (AvgIpc) is 2.02. The smallest absolute Gasteiger partial charge is 0.0577 e. The molecule has 0 bridgehead atoms. The molecule has 0 aromatic heterocycles. The molecule has 0 amide bonds. The summed E-state index contributed by atoms with van der Waals surface area (Å²) >= 11 is 0. The first-order chi connectivity index (χ1) is 6.47. The van der Waals surface area contributed by atoms with Crippen LogP contribution in [0.3, 0.4) is 0 Å². The Hall–Kier alpha value is -0.860. The van der Waals surface area contributed by atoms with E-state index in [1.165, 1.54) is 0 Å². The highest BCUT2D eigenvalue weighted by Gasteiger charge is 1.97. The maximum atomic E-state index is 8.96. The third-order valence-corrected chi connectivity index (χ3v) is 1.64. The fourth-order valence-electron chi connectivity index (χ4n) is 1.07. The van der Waals surface area contributed by atoms with Crippen molar-refractivity contribution < 1.29 is 7.85 Å². The topological polar surface area (TPSA) is 23.5 Å². The van der Waals surface area contributed by atoms with Gasteiger partial charge in [-0.3, -0.25) is 4.90 Å². The highest BCUT2D eigenvalue weighted by molar-refractivity contribution is 5.14. The van der Waals surface area contributed by atoms with Gasteiger partial charge in [-0.15, -0.1) is 0 Å². The van der Waals surface area contributed by atoms with Crippen LogP contribution in [-0.4, -0.2) is 30.2 Å². The summed E-state index contributed by atoms with van der Waals surface area (Å²) in [4.78, 5) is 1.75. The Morgan fingerprint density at radius 3 is 2.67 bits per heavy atom. The molecule has 0 unspecified atom stereocenters. The molecule has 1 rings (SSSR count). The normalized spacial score (nSPS) is 14.2. The van der Waals surface area contributed by atoms with E-state index < -0.39 is 6.56 Å². The first-order valence-corrected chi connectivity index (χ1v) is 3.92. The Balaban J connectivity index is 2.46. The summed E-state index contributed by atoms with van der Waals surface area (Å²) in [5, 5.41) is 8.96. The lowest BCUT2D eigenvalue weighted by atomic mass is 10.2. The van der Waals surface area contributed by atoms with Gasteiger partial charge >= 0.3 is 0 Å². The number of hydrogen-bond acceptors (Lipinski definition) is 2. The molecule has 0 aliphatic rings. The molecule has 0 atom stereocenters. The van der Waals surface area contributed by atoms with Gasteiger partial charge in [0, 0.05) is 13.1 Å². The van der Waals surface area contributed by atoms with Crippen LogP contribution in [0.15, 0.2) is 30.3 Å². The fraction of sp³-hybridized carbons (Fsp3) is 0.400. The van der Waals surface area contributed by atoms with Crippen LogP contribution >= 0.6 is 0 Å². The molecule has 0 fully saturated rings. The van der Waals surface area contributed by atoms with Crippen LogP contribution in [0, 0.1) is 0 Å². The van der Waals surface area contributed by atoms with E-state index in [1.807, 2.05) is 30.3 Å². The van der Waals surface area contributed by atoms with Crippen molar-refractivity contribution in [3.05, 3.63) is 35.9 Å². The molecule has 1 N–H and O–H groups in total. The van der Waals surface area contributed by atoms with Gasteiger partial charge in [-0.25, -0.2) is 0 Å². The van der Waals surface area contributed by atoms with E-state index >= 15 is 0 Å². The molecule has 1 aromatic rings. The van der Waals surface area contributed by atoms with Gasteiger partial charge in [0.05, 0.1) is 9.30 Å². The molecule has 0 heterocycles. The van der Waals surface area contributed by atoms with Gasteiger partial charge < -0.3 is 5.11 Å². The minimum Gasteiger partial charge on any atom is -0.395 e. The van der Waals surface area contributed by atoms with E-state index in [0.29, 0.717) is 6.54 Å². The highest BCUT2D eigenvalue weighted by atomic mass is 16.3. The van der Waals surface area contributed by atoms with Crippen LogP contribution in [0.4, 0.5) is 0 Å². The van der Waals surface area contributed by atoms with Gasteiger partial charge in [-0.1, -0.05) is 30.3 Å². The first kappa shape index (κ1) is 6.63. The van der Waals surface area contributed by atoms with E-state index in [2.05, 4.69) is 0 Å². The van der Waals surface area contributed by atoms with Gasteiger partial charge in [-0.05, 0) is 12.6 Å². The van der Waals surface area contributed by atoms with Crippen LogP contribution in [0.2, 0.25) is 0 Å². The fourth-order valence-corrected chi connectivity index (χ4v) is 1.07. The molecular weight excluding hydrogens is 150 g/mol. The summed E-state index contributed by atoms with van der Waals surface area (Å²) in [6.07, 6.45) is 0. The van der Waals surface area contributed by atoms with Gasteiger partial charge in [0.1, 0.15) is 0 Å². The Labute approximate surface area is 76.3 Å². The van der Waals surface area contributed by atoms with Gasteiger partial charge in [0.2, 0.25) is 0 Å². The Morgan fingerprint density at radius 1 is 1.42 bits per heavy atom. The Kier molecular flexibility index (Phi) is 2.71. The summed E-state index contributed by atoms with van der Waals surface area (Å²) in [6.45, 7) is -1.47. The Bertz CT molecular complexity index is 271. The predicted molar refractivity (Wildman–Crippen MR) is 49.9 cm³/mol. The lowest BCUT2D eigenvalue weighted by molar-refractivity contribution is 0.217. The summed E-state index contributed by atoms with van der Waals surface area (Å²) in [7, 11) is 1.78. The molecule has 0 aliphatic carbocycles. The van der Waals surface area contributed by atoms with E-state index in [4.69, 9.17) is 7.85 Å². The summed E-state index contributed by atoms with van der Waals surface area (Å²) in [6, 6.07) is 9.77. The SMILES string of the molecule is [2H]C([2H])(O)CN(C)Cc1ccccc1. The standard InChI is InChI=1S/C10H15NO/c1-11(7-8-12)9-10-5-3-2-4-6-10/h2-6,12H,7-9H2,1H3/i8D2. The van der Waals surface area contributed by atoms with E-state index in [-0.39, 0.29) is 6.54 Å². The third-order valence-electron chi connectivity index (χ3n) is 1.64. The third kappa shape index (κ3) is 3.03. The van der Waals surface area contributed by atoms with Gasteiger partial charge in [0.15, 0.2) is 0 Å². The maximum Gasteiger partial charge on any atom is 0.0577 e. The van der Waals surface area contributed by atoms with Crippen LogP contribution in [0.25, 0.3) is 0 Å². The second-order valence-corrected chi connectivity index (χ2v) is 2.82. The van der Waals surface area contributed by atoms with Crippen LogP contribution in [0.1, 0.15) is 8.30 Å². The molecule has 2 heteroatoms. The molecule has 12 heavy (non-hydrogen) atoms. The lowest BCUT2D eigenvalue weighted by Gasteiger charge is -2.14. The van der Waals surface area contributed by atoms with Crippen molar-refractivity contribution in [2.75, 3.05) is 20.2 Å². The van der Waals surface area contributed by atoms with Crippen LogP contribution < -0.4 is 0 Å². The van der Waals surface area contributed by atoms with Crippen molar-refractivity contribution in [1.82, 2.24) is 4.90 Å². The zero-order valence-corrected chi connectivity index (χ0v) is 7.20. The summed E-state index contributed by atoms with van der Waals surface area (Å²) in [5.41, 5.74) is 1.11. The van der Waals surface area contributed by atoms with Crippen molar-refractivity contribution in [2.45, 2.75) is 6.54 Å². The second kappa shape index (κ2) is 4.91. The predicted octanol–water partition coefficient (Wildman–Crippen LogP) is 1.11. The number of hydrogen-bond donors (Lipinski definition) is 1. The van der Waals surface area contributed by atoms with E-state index in [0.717, 1.165) is 5.56 Å². The largest absolute Gasteiger partial charge is 0.395 e. The minimum absolute atomic E-state index is 0.0158. The summed E-state index contributed by atoms with van der Waals surface area (Å²) in [5.74, 6) is 0. The number of rotatable bonds is 4. The van der Waals surface area contributed by atoms with Crippen molar-refractivity contribution in [3.63, 3.8) is 0 Å². The number of benzene rings is 1. The van der Waals surface area contributed by atoms with Crippen molar-refractivity contribution >= 4 is 0 Å². The number of aliphatic hydroxyl groups is 1. The lowest BCUT2D eigenvalue weighted by Crippen LogP contribution is -2.21. The zero-order chi connectivity index (χ0) is 10.6. The molecule has 0 aliphatic heterocycles. The molecular formula is C10H15NO. The molecule has 66 valence electrons.